The number of hydrogen-bond donors (Lipinski definition) is 2. The number of aryl methyl sites for hydroxylation is 1. The smallest absolute Gasteiger partial charge is 0.227 e. The fraction of sp³-hybridized carbons (Fsp3) is 0.421. The van der Waals surface area contributed by atoms with Gasteiger partial charge in [0.1, 0.15) is 5.82 Å². The van der Waals surface area contributed by atoms with E-state index in [1.165, 1.54) is 0 Å². The molecule has 0 bridgehead atoms. The van der Waals surface area contributed by atoms with Crippen LogP contribution in [0.3, 0.4) is 0 Å². The molecule has 6 heteroatoms. The van der Waals surface area contributed by atoms with E-state index in [0.717, 1.165) is 23.5 Å². The van der Waals surface area contributed by atoms with E-state index in [9.17, 15) is 4.79 Å². The molecule has 1 aromatic heterocycles. The lowest BCUT2D eigenvalue weighted by Gasteiger charge is -2.16. The van der Waals surface area contributed by atoms with Crippen molar-refractivity contribution < 1.29 is 4.79 Å². The van der Waals surface area contributed by atoms with Crippen LogP contribution in [-0.4, -0.2) is 43.1 Å². The number of carbonyl (C=O) groups excluding carboxylic acids is 1. The van der Waals surface area contributed by atoms with Crippen LogP contribution in [0.2, 0.25) is 0 Å². The second-order valence-electron chi connectivity index (χ2n) is 6.17. The molecule has 1 aromatic carbocycles. The van der Waals surface area contributed by atoms with Gasteiger partial charge in [0.2, 0.25) is 11.9 Å². The van der Waals surface area contributed by atoms with Crippen molar-refractivity contribution in [2.75, 3.05) is 37.4 Å². The molecule has 0 spiro atoms. The Morgan fingerprint density at radius 3 is 2.52 bits per heavy atom. The molecule has 1 atom stereocenters. The van der Waals surface area contributed by atoms with E-state index in [2.05, 4.69) is 20.6 Å². The average molecular weight is 341 g/mol. The first-order chi connectivity index (χ1) is 12.0. The van der Waals surface area contributed by atoms with E-state index in [1.807, 2.05) is 69.2 Å². The molecule has 6 nitrogen and oxygen atoms in total. The van der Waals surface area contributed by atoms with Gasteiger partial charge in [0.25, 0.3) is 0 Å². The first-order valence-corrected chi connectivity index (χ1v) is 8.60. The van der Waals surface area contributed by atoms with Crippen LogP contribution in [-0.2, 0) is 4.79 Å². The highest BCUT2D eigenvalue weighted by Crippen LogP contribution is 2.19. The Hall–Kier alpha value is -2.63. The molecule has 134 valence electrons. The summed E-state index contributed by atoms with van der Waals surface area (Å²) < 4.78 is 0. The highest BCUT2D eigenvalue weighted by Gasteiger charge is 2.17. The Morgan fingerprint density at radius 1 is 1.16 bits per heavy atom. The second kappa shape index (κ2) is 9.01. The molecule has 2 aromatic rings. The predicted octanol–water partition coefficient (Wildman–Crippen LogP) is 2.57. The summed E-state index contributed by atoms with van der Waals surface area (Å²) in [5.41, 5.74) is 1.95. The molecule has 1 heterocycles. The van der Waals surface area contributed by atoms with Gasteiger partial charge >= 0.3 is 0 Å². The first kappa shape index (κ1) is 18.7. The van der Waals surface area contributed by atoms with Crippen molar-refractivity contribution in [3.8, 4) is 0 Å². The lowest BCUT2D eigenvalue weighted by atomic mass is 9.96. The summed E-state index contributed by atoms with van der Waals surface area (Å²) >= 11 is 0. The van der Waals surface area contributed by atoms with Crippen molar-refractivity contribution in [3.63, 3.8) is 0 Å². The Kier molecular flexibility index (Phi) is 6.74. The zero-order chi connectivity index (χ0) is 18.2. The van der Waals surface area contributed by atoms with Gasteiger partial charge in [-0.1, -0.05) is 37.3 Å². The van der Waals surface area contributed by atoms with Crippen LogP contribution in [0.5, 0.6) is 0 Å². The van der Waals surface area contributed by atoms with E-state index < -0.39 is 0 Å². The van der Waals surface area contributed by atoms with Crippen LogP contribution < -0.4 is 15.5 Å². The van der Waals surface area contributed by atoms with Gasteiger partial charge in [-0.3, -0.25) is 4.79 Å². The fourth-order valence-corrected chi connectivity index (χ4v) is 2.60. The van der Waals surface area contributed by atoms with Crippen LogP contribution in [0.25, 0.3) is 0 Å². The molecule has 0 aliphatic heterocycles. The molecular formula is C19H27N5O. The lowest BCUT2D eigenvalue weighted by molar-refractivity contribution is -0.122. The molecule has 2 rings (SSSR count). The van der Waals surface area contributed by atoms with Crippen molar-refractivity contribution in [3.05, 3.63) is 47.7 Å². The summed E-state index contributed by atoms with van der Waals surface area (Å²) in [4.78, 5) is 23.2. The summed E-state index contributed by atoms with van der Waals surface area (Å²) in [5.74, 6) is 1.37. The number of carbonyl (C=O) groups is 1. The molecule has 25 heavy (non-hydrogen) atoms. The summed E-state index contributed by atoms with van der Waals surface area (Å²) in [5, 5.41) is 6.16. The number of nitrogens with zero attached hydrogens (tertiary/aromatic N) is 3. The van der Waals surface area contributed by atoms with Gasteiger partial charge in [-0.25, -0.2) is 4.98 Å². The van der Waals surface area contributed by atoms with Gasteiger partial charge < -0.3 is 15.5 Å². The summed E-state index contributed by atoms with van der Waals surface area (Å²) in [7, 11) is 3.89. The first-order valence-electron chi connectivity index (χ1n) is 8.60. The van der Waals surface area contributed by atoms with Gasteiger partial charge in [0.15, 0.2) is 0 Å². The Morgan fingerprint density at radius 2 is 1.88 bits per heavy atom. The topological polar surface area (TPSA) is 70.2 Å². The van der Waals surface area contributed by atoms with Crippen LogP contribution in [0.15, 0.2) is 36.4 Å². The maximum absolute atomic E-state index is 12.4. The number of benzene rings is 1. The zero-order valence-electron chi connectivity index (χ0n) is 15.4. The third kappa shape index (κ3) is 5.45. The molecule has 1 unspecified atom stereocenters. The predicted molar refractivity (Wildman–Crippen MR) is 102 cm³/mol. The Balaban J connectivity index is 1.85. The maximum Gasteiger partial charge on any atom is 0.227 e. The molecule has 0 saturated heterocycles. The normalized spacial score (nSPS) is 11.7. The number of anilines is 2. The van der Waals surface area contributed by atoms with Gasteiger partial charge in [-0.05, 0) is 18.9 Å². The highest BCUT2D eigenvalue weighted by atomic mass is 16.1. The van der Waals surface area contributed by atoms with Crippen molar-refractivity contribution >= 4 is 17.7 Å². The summed E-state index contributed by atoms with van der Waals surface area (Å²) in [6.07, 6.45) is 0.774. The second-order valence-corrected chi connectivity index (χ2v) is 6.17. The standard InChI is InChI=1S/C19H27N5O/c1-5-16(15-9-7-6-8-10-15)18(25)20-11-12-21-19-22-14(2)13-17(23-19)24(3)4/h6-10,13,16H,5,11-12H2,1-4H3,(H,20,25)(H,21,22,23). The van der Waals surface area contributed by atoms with Crippen LogP contribution in [0.1, 0.15) is 30.5 Å². The quantitative estimate of drug-likeness (QED) is 0.722. The lowest BCUT2D eigenvalue weighted by Crippen LogP contribution is -2.33. The molecule has 0 saturated carbocycles. The van der Waals surface area contributed by atoms with Gasteiger partial charge in [0.05, 0.1) is 5.92 Å². The van der Waals surface area contributed by atoms with Gasteiger partial charge in [-0.2, -0.15) is 4.98 Å². The number of nitrogens with one attached hydrogen (secondary N) is 2. The SMILES string of the molecule is CCC(C(=O)NCCNc1nc(C)cc(N(C)C)n1)c1ccccc1. The third-order valence-corrected chi connectivity index (χ3v) is 3.93. The summed E-state index contributed by atoms with van der Waals surface area (Å²) in [6, 6.07) is 11.8. The Bertz CT molecular complexity index is 687. The number of hydrogen-bond acceptors (Lipinski definition) is 5. The monoisotopic (exact) mass is 341 g/mol. The van der Waals surface area contributed by atoms with E-state index in [-0.39, 0.29) is 11.8 Å². The average Bonchev–Trinajstić information content (AvgIpc) is 2.60. The highest BCUT2D eigenvalue weighted by molar-refractivity contribution is 5.83. The van der Waals surface area contributed by atoms with Crippen LogP contribution >= 0.6 is 0 Å². The van der Waals surface area contributed by atoms with Gasteiger partial charge in [-0.15, -0.1) is 0 Å². The van der Waals surface area contributed by atoms with Crippen molar-refractivity contribution in [2.45, 2.75) is 26.2 Å². The van der Waals surface area contributed by atoms with Crippen molar-refractivity contribution in [1.29, 1.82) is 0 Å². The van der Waals surface area contributed by atoms with Gasteiger partial charge in [0, 0.05) is 38.9 Å². The van der Waals surface area contributed by atoms with Crippen molar-refractivity contribution in [2.24, 2.45) is 0 Å². The molecule has 0 radical (unpaired) electrons. The molecule has 0 aliphatic rings. The molecule has 0 aliphatic carbocycles. The maximum atomic E-state index is 12.4. The number of amides is 1. The summed E-state index contributed by atoms with van der Waals surface area (Å²) in [6.45, 7) is 5.07. The number of aromatic nitrogens is 2. The number of rotatable bonds is 8. The van der Waals surface area contributed by atoms with E-state index >= 15 is 0 Å². The van der Waals surface area contributed by atoms with Crippen LogP contribution in [0, 0.1) is 6.92 Å². The minimum atomic E-state index is -0.114. The van der Waals surface area contributed by atoms with E-state index in [1.54, 1.807) is 0 Å². The molecular weight excluding hydrogens is 314 g/mol. The molecule has 2 N–H and O–H groups in total. The largest absolute Gasteiger partial charge is 0.363 e. The fourth-order valence-electron chi connectivity index (χ4n) is 2.60. The molecule has 0 fully saturated rings. The van der Waals surface area contributed by atoms with E-state index in [4.69, 9.17) is 0 Å². The Labute approximate surface area is 149 Å². The zero-order valence-corrected chi connectivity index (χ0v) is 15.4. The van der Waals surface area contributed by atoms with E-state index in [0.29, 0.717) is 19.0 Å². The third-order valence-electron chi connectivity index (χ3n) is 3.93. The minimum absolute atomic E-state index is 0.0506. The molecule has 1 amide bonds. The van der Waals surface area contributed by atoms with Crippen LogP contribution in [0.4, 0.5) is 11.8 Å². The minimum Gasteiger partial charge on any atom is -0.363 e. The van der Waals surface area contributed by atoms with Crippen molar-refractivity contribution in [1.82, 2.24) is 15.3 Å².